The number of nitrogens with zero attached hydrogens (tertiary/aromatic N) is 1. The van der Waals surface area contributed by atoms with Crippen molar-refractivity contribution in [2.24, 2.45) is 5.73 Å². The molecule has 7 heteroatoms. The molecule has 0 fully saturated rings. The molecule has 1 aromatic rings. The molecule has 0 aliphatic carbocycles. The van der Waals surface area contributed by atoms with E-state index in [1.165, 1.54) is 12.1 Å². The van der Waals surface area contributed by atoms with Crippen molar-refractivity contribution in [1.29, 1.82) is 5.26 Å². The third kappa shape index (κ3) is 4.01. The molecule has 0 unspecified atom stereocenters. The van der Waals surface area contributed by atoms with Gasteiger partial charge in [0.15, 0.2) is 0 Å². The zero-order valence-corrected chi connectivity index (χ0v) is 9.41. The van der Waals surface area contributed by atoms with Gasteiger partial charge < -0.3 is 11.1 Å². The Labute approximate surface area is 102 Å². The molecule has 0 atom stereocenters. The predicted molar refractivity (Wildman–Crippen MR) is 62.4 cm³/mol. The van der Waals surface area contributed by atoms with Gasteiger partial charge in [0.2, 0.25) is 5.91 Å². The van der Waals surface area contributed by atoms with E-state index in [0.717, 1.165) is 0 Å². The Morgan fingerprint density at radius 3 is 2.76 bits per heavy atom. The van der Waals surface area contributed by atoms with Crippen LogP contribution in [0.2, 0.25) is 5.02 Å². The van der Waals surface area contributed by atoms with Crippen molar-refractivity contribution < 1.29 is 9.59 Å². The molecule has 0 saturated heterocycles. The van der Waals surface area contributed by atoms with Crippen LogP contribution in [-0.4, -0.2) is 18.5 Å². The van der Waals surface area contributed by atoms with Crippen molar-refractivity contribution in [2.45, 2.75) is 0 Å². The van der Waals surface area contributed by atoms with Gasteiger partial charge in [-0.1, -0.05) is 11.6 Å². The topological polar surface area (TPSA) is 108 Å². The monoisotopic (exact) mass is 252 g/mol. The van der Waals surface area contributed by atoms with E-state index in [9.17, 15) is 9.59 Å². The number of primary amides is 1. The van der Waals surface area contributed by atoms with Crippen molar-refractivity contribution in [3.63, 3.8) is 0 Å². The number of carbonyl (C=O) groups is 2. The van der Waals surface area contributed by atoms with E-state index < -0.39 is 11.9 Å². The molecule has 0 heterocycles. The van der Waals surface area contributed by atoms with Crippen molar-refractivity contribution in [3.8, 4) is 6.07 Å². The van der Waals surface area contributed by atoms with Crippen LogP contribution in [0, 0.1) is 11.3 Å². The van der Waals surface area contributed by atoms with Crippen LogP contribution in [0.25, 0.3) is 0 Å². The number of nitrogens with one attached hydrogen (secondary N) is 2. The molecule has 17 heavy (non-hydrogen) atoms. The Balaban J connectivity index is 2.66. The quantitative estimate of drug-likeness (QED) is 0.740. The van der Waals surface area contributed by atoms with Crippen molar-refractivity contribution in [2.75, 3.05) is 11.9 Å². The summed E-state index contributed by atoms with van der Waals surface area (Å²) in [6.07, 6.45) is 0. The van der Waals surface area contributed by atoms with Crippen molar-refractivity contribution in [3.05, 3.63) is 28.8 Å². The van der Waals surface area contributed by atoms with Gasteiger partial charge in [-0.3, -0.25) is 10.1 Å². The smallest absolute Gasteiger partial charge is 0.318 e. The fourth-order valence-corrected chi connectivity index (χ4v) is 1.27. The first-order valence-corrected chi connectivity index (χ1v) is 4.93. The fraction of sp³-hybridized carbons (Fsp3) is 0.100. The summed E-state index contributed by atoms with van der Waals surface area (Å²) in [5.41, 5.74) is 5.62. The number of halogens is 1. The summed E-state index contributed by atoms with van der Waals surface area (Å²) < 4.78 is 0. The maximum absolute atomic E-state index is 11.1. The second-order valence-electron chi connectivity index (χ2n) is 3.07. The van der Waals surface area contributed by atoms with Crippen LogP contribution in [0.15, 0.2) is 18.2 Å². The molecule has 0 aliphatic heterocycles. The fourth-order valence-electron chi connectivity index (χ4n) is 1.09. The minimum absolute atomic E-state index is 0.169. The van der Waals surface area contributed by atoms with Gasteiger partial charge >= 0.3 is 6.03 Å². The lowest BCUT2D eigenvalue weighted by molar-refractivity contribution is -0.118. The summed E-state index contributed by atoms with van der Waals surface area (Å²) in [6, 6.07) is 5.61. The van der Waals surface area contributed by atoms with Crippen LogP contribution in [0.4, 0.5) is 10.5 Å². The first kappa shape index (κ1) is 12.8. The van der Waals surface area contributed by atoms with E-state index in [4.69, 9.17) is 22.6 Å². The third-order valence-corrected chi connectivity index (χ3v) is 2.13. The highest BCUT2D eigenvalue weighted by molar-refractivity contribution is 6.33. The molecule has 1 aromatic carbocycles. The van der Waals surface area contributed by atoms with Gasteiger partial charge in [0.05, 0.1) is 28.9 Å². The number of urea groups is 1. The molecule has 3 amide bonds. The summed E-state index contributed by atoms with van der Waals surface area (Å²) in [6.45, 7) is -0.169. The average Bonchev–Trinajstić information content (AvgIpc) is 2.27. The highest BCUT2D eigenvalue weighted by Gasteiger charge is 2.06. The average molecular weight is 253 g/mol. The number of anilines is 1. The Kier molecular flexibility index (Phi) is 4.31. The first-order valence-electron chi connectivity index (χ1n) is 4.55. The summed E-state index contributed by atoms with van der Waals surface area (Å²) >= 11 is 5.85. The number of imide groups is 1. The third-order valence-electron chi connectivity index (χ3n) is 1.80. The van der Waals surface area contributed by atoms with E-state index in [2.05, 4.69) is 5.32 Å². The highest BCUT2D eigenvalue weighted by atomic mass is 35.5. The Hall–Kier alpha value is -2.26. The molecular weight excluding hydrogens is 244 g/mol. The van der Waals surface area contributed by atoms with E-state index in [0.29, 0.717) is 16.3 Å². The minimum Gasteiger partial charge on any atom is -0.375 e. The molecule has 6 nitrogen and oxygen atoms in total. The number of hydrogen-bond acceptors (Lipinski definition) is 4. The Morgan fingerprint density at radius 2 is 2.18 bits per heavy atom. The lowest BCUT2D eigenvalue weighted by Gasteiger charge is -2.07. The molecule has 0 saturated carbocycles. The second-order valence-corrected chi connectivity index (χ2v) is 3.48. The molecule has 0 radical (unpaired) electrons. The summed E-state index contributed by atoms with van der Waals surface area (Å²) in [5, 5.41) is 13.6. The van der Waals surface area contributed by atoms with Crippen LogP contribution in [0.5, 0.6) is 0 Å². The number of nitrogens with two attached hydrogens (primary N) is 1. The molecule has 0 spiro atoms. The molecule has 4 N–H and O–H groups in total. The lowest BCUT2D eigenvalue weighted by Crippen LogP contribution is -2.38. The lowest BCUT2D eigenvalue weighted by atomic mass is 10.2. The molecule has 0 aromatic heterocycles. The van der Waals surface area contributed by atoms with Crippen LogP contribution in [-0.2, 0) is 4.79 Å². The van der Waals surface area contributed by atoms with E-state index >= 15 is 0 Å². The zero-order chi connectivity index (χ0) is 12.8. The van der Waals surface area contributed by atoms with Crippen molar-refractivity contribution >= 4 is 29.2 Å². The number of amides is 3. The number of carbonyl (C=O) groups excluding carboxylic acids is 2. The summed E-state index contributed by atoms with van der Waals surface area (Å²) in [7, 11) is 0. The summed E-state index contributed by atoms with van der Waals surface area (Å²) in [5.74, 6) is -0.587. The largest absolute Gasteiger partial charge is 0.375 e. The number of rotatable bonds is 3. The predicted octanol–water partition coefficient (Wildman–Crippen LogP) is 0.818. The summed E-state index contributed by atoms with van der Waals surface area (Å²) in [4.78, 5) is 21.5. The van der Waals surface area contributed by atoms with Gasteiger partial charge in [-0.25, -0.2) is 4.79 Å². The van der Waals surface area contributed by atoms with Gasteiger partial charge in [-0.05, 0) is 18.2 Å². The SMILES string of the molecule is N#Cc1ccc(Cl)c(NCC(=O)NC(N)=O)c1. The van der Waals surface area contributed by atoms with Crippen LogP contribution < -0.4 is 16.4 Å². The molecular formula is C10H9ClN4O2. The minimum atomic E-state index is -0.923. The number of hydrogen-bond donors (Lipinski definition) is 3. The van der Waals surface area contributed by atoms with Crippen molar-refractivity contribution in [1.82, 2.24) is 5.32 Å². The molecule has 88 valence electrons. The van der Waals surface area contributed by atoms with Crippen LogP contribution in [0.3, 0.4) is 0 Å². The second kappa shape index (κ2) is 5.72. The highest BCUT2D eigenvalue weighted by Crippen LogP contribution is 2.22. The van der Waals surface area contributed by atoms with Crippen LogP contribution in [0.1, 0.15) is 5.56 Å². The molecule has 0 aliphatic rings. The Morgan fingerprint density at radius 1 is 1.47 bits per heavy atom. The van der Waals surface area contributed by atoms with Gasteiger partial charge in [-0.2, -0.15) is 5.26 Å². The standard InChI is InChI=1S/C10H9ClN4O2/c11-7-2-1-6(4-12)3-8(7)14-5-9(16)15-10(13)17/h1-3,14H,5H2,(H3,13,15,16,17). The van der Waals surface area contributed by atoms with E-state index in [-0.39, 0.29) is 6.54 Å². The maximum atomic E-state index is 11.1. The van der Waals surface area contributed by atoms with Gasteiger partial charge in [0.1, 0.15) is 0 Å². The zero-order valence-electron chi connectivity index (χ0n) is 8.66. The normalized spacial score (nSPS) is 9.18. The number of nitriles is 1. The van der Waals surface area contributed by atoms with Gasteiger partial charge in [0.25, 0.3) is 0 Å². The van der Waals surface area contributed by atoms with Crippen LogP contribution >= 0.6 is 11.6 Å². The van der Waals surface area contributed by atoms with E-state index in [1.54, 1.807) is 6.07 Å². The maximum Gasteiger partial charge on any atom is 0.318 e. The number of benzene rings is 1. The Bertz CT molecular complexity index is 496. The first-order chi connectivity index (χ1) is 8.02. The van der Waals surface area contributed by atoms with Gasteiger partial charge in [-0.15, -0.1) is 0 Å². The molecule has 1 rings (SSSR count). The van der Waals surface area contributed by atoms with Gasteiger partial charge in [0, 0.05) is 0 Å². The van der Waals surface area contributed by atoms with E-state index in [1.807, 2.05) is 11.4 Å². The molecule has 0 bridgehead atoms.